The van der Waals surface area contributed by atoms with Gasteiger partial charge in [-0.2, -0.15) is 13.2 Å². The zero-order valence-corrected chi connectivity index (χ0v) is 14.0. The number of alkyl halides is 3. The number of carboxylic acids is 1. The van der Waals surface area contributed by atoms with Crippen LogP contribution in [0.5, 0.6) is 0 Å². The molecule has 1 aliphatic heterocycles. The minimum absolute atomic E-state index is 0.420. The van der Waals surface area contributed by atoms with Crippen LogP contribution in [0.3, 0.4) is 0 Å². The van der Waals surface area contributed by atoms with Gasteiger partial charge in [-0.25, -0.2) is 0 Å². The van der Waals surface area contributed by atoms with Gasteiger partial charge in [-0.15, -0.1) is 0 Å². The van der Waals surface area contributed by atoms with E-state index in [1.807, 2.05) is 36.4 Å². The Morgan fingerprint density at radius 1 is 1.12 bits per heavy atom. The van der Waals surface area contributed by atoms with E-state index in [0.717, 1.165) is 15.7 Å². The number of halogens is 3. The smallest absolute Gasteiger partial charge is 0.394 e. The molecule has 4 nitrogen and oxygen atoms in total. The maximum absolute atomic E-state index is 13.1. The van der Waals surface area contributed by atoms with Crippen LogP contribution in [0.1, 0.15) is 18.4 Å². The fraction of sp³-hybridized carbons (Fsp3) is 0.368. The Balaban J connectivity index is 1.82. The highest BCUT2D eigenvalue weighted by molar-refractivity contribution is 5.88. The number of amides is 1. The van der Waals surface area contributed by atoms with Crippen molar-refractivity contribution in [2.45, 2.75) is 19.0 Å². The van der Waals surface area contributed by atoms with Crippen LogP contribution in [0.25, 0.3) is 10.8 Å². The molecular formula is C19H18F3NO3. The standard InChI is InChI=1S/C19H18F3NO3/c1-11(13-7-6-12-4-2-3-5-14(12)8-13)17(24)23-9-15(18(25)26)16(10-23)19(20,21)22/h2-8,11,15-16H,9-10H2,1H3,(H,25,26)/t11?,15-,16-/m1/s1. The first-order chi connectivity index (χ1) is 12.2. The van der Waals surface area contributed by atoms with Gasteiger partial charge in [-0.3, -0.25) is 9.59 Å². The van der Waals surface area contributed by atoms with E-state index < -0.39 is 48.9 Å². The summed E-state index contributed by atoms with van der Waals surface area (Å²) in [6, 6.07) is 13.1. The van der Waals surface area contributed by atoms with Crippen molar-refractivity contribution in [1.82, 2.24) is 4.90 Å². The average Bonchev–Trinajstić information content (AvgIpc) is 3.06. The van der Waals surface area contributed by atoms with E-state index in [1.54, 1.807) is 13.0 Å². The summed E-state index contributed by atoms with van der Waals surface area (Å²) in [6.07, 6.45) is -4.65. The molecule has 0 spiro atoms. The summed E-state index contributed by atoms with van der Waals surface area (Å²) in [5.41, 5.74) is 0.691. The molecule has 7 heteroatoms. The molecule has 2 aromatic rings. The van der Waals surface area contributed by atoms with Gasteiger partial charge in [0, 0.05) is 13.1 Å². The van der Waals surface area contributed by atoms with Crippen molar-refractivity contribution in [3.63, 3.8) is 0 Å². The van der Waals surface area contributed by atoms with E-state index in [4.69, 9.17) is 5.11 Å². The first-order valence-corrected chi connectivity index (χ1v) is 8.25. The molecule has 2 aromatic carbocycles. The molecule has 1 saturated heterocycles. The lowest BCUT2D eigenvalue weighted by Crippen LogP contribution is -2.34. The molecule has 1 fully saturated rings. The highest BCUT2D eigenvalue weighted by Crippen LogP contribution is 2.38. The summed E-state index contributed by atoms with van der Waals surface area (Å²) in [7, 11) is 0. The molecule has 0 bridgehead atoms. The Morgan fingerprint density at radius 3 is 2.35 bits per heavy atom. The number of aliphatic carboxylic acids is 1. The summed E-state index contributed by atoms with van der Waals surface area (Å²) in [5, 5.41) is 11.0. The Labute approximate surface area is 148 Å². The van der Waals surface area contributed by atoms with Gasteiger partial charge in [0.15, 0.2) is 0 Å². The van der Waals surface area contributed by atoms with E-state index in [9.17, 15) is 22.8 Å². The van der Waals surface area contributed by atoms with E-state index in [2.05, 4.69) is 0 Å². The summed E-state index contributed by atoms with van der Waals surface area (Å²) >= 11 is 0. The van der Waals surface area contributed by atoms with E-state index in [0.29, 0.717) is 5.56 Å². The molecule has 1 amide bonds. The summed E-state index contributed by atoms with van der Waals surface area (Å²) in [4.78, 5) is 24.9. The van der Waals surface area contributed by atoms with Gasteiger partial charge in [-0.05, 0) is 23.3 Å². The number of carbonyl (C=O) groups is 2. The van der Waals surface area contributed by atoms with Crippen LogP contribution >= 0.6 is 0 Å². The first-order valence-electron chi connectivity index (χ1n) is 8.25. The second-order valence-corrected chi connectivity index (χ2v) is 6.66. The molecule has 138 valence electrons. The molecule has 26 heavy (non-hydrogen) atoms. The normalized spacial score (nSPS) is 21.8. The Kier molecular flexibility index (Phi) is 4.64. The fourth-order valence-corrected chi connectivity index (χ4v) is 3.46. The molecule has 1 N–H and O–H groups in total. The topological polar surface area (TPSA) is 57.6 Å². The number of hydrogen-bond acceptors (Lipinski definition) is 2. The van der Waals surface area contributed by atoms with Gasteiger partial charge in [0.2, 0.25) is 5.91 Å². The van der Waals surface area contributed by atoms with Gasteiger partial charge in [0.1, 0.15) is 0 Å². The Hall–Kier alpha value is -2.57. The van der Waals surface area contributed by atoms with Crippen LogP contribution < -0.4 is 0 Å². The number of fused-ring (bicyclic) bond motifs is 1. The number of carbonyl (C=O) groups excluding carboxylic acids is 1. The largest absolute Gasteiger partial charge is 0.481 e. The Bertz CT molecular complexity index is 849. The van der Waals surface area contributed by atoms with Crippen LogP contribution in [0.4, 0.5) is 13.2 Å². The lowest BCUT2D eigenvalue weighted by Gasteiger charge is -2.22. The van der Waals surface area contributed by atoms with Crippen molar-refractivity contribution < 1.29 is 27.9 Å². The van der Waals surface area contributed by atoms with Crippen LogP contribution in [0.15, 0.2) is 42.5 Å². The van der Waals surface area contributed by atoms with Crippen molar-refractivity contribution in [2.75, 3.05) is 13.1 Å². The predicted octanol–water partition coefficient (Wildman–Crippen LogP) is 3.66. The number of rotatable bonds is 3. The minimum Gasteiger partial charge on any atom is -0.481 e. The molecule has 3 rings (SSSR count). The number of benzene rings is 2. The Morgan fingerprint density at radius 2 is 1.77 bits per heavy atom. The average molecular weight is 365 g/mol. The summed E-state index contributed by atoms with van der Waals surface area (Å²) < 4.78 is 39.3. The molecular weight excluding hydrogens is 347 g/mol. The third-order valence-electron chi connectivity index (χ3n) is 5.01. The van der Waals surface area contributed by atoms with E-state index in [-0.39, 0.29) is 0 Å². The predicted molar refractivity (Wildman–Crippen MR) is 89.6 cm³/mol. The van der Waals surface area contributed by atoms with Crippen LogP contribution in [0.2, 0.25) is 0 Å². The SMILES string of the molecule is CC(C(=O)N1C[C@@H](C(F)(F)F)[C@H](C(=O)O)C1)c1ccc2ccccc2c1. The lowest BCUT2D eigenvalue weighted by molar-refractivity contribution is -0.188. The van der Waals surface area contributed by atoms with Gasteiger partial charge in [0.25, 0.3) is 0 Å². The van der Waals surface area contributed by atoms with Crippen molar-refractivity contribution in [3.05, 3.63) is 48.0 Å². The summed E-state index contributed by atoms with van der Waals surface area (Å²) in [6.45, 7) is 0.594. The highest BCUT2D eigenvalue weighted by Gasteiger charge is 2.53. The van der Waals surface area contributed by atoms with Gasteiger partial charge in [-0.1, -0.05) is 42.5 Å². The molecule has 0 saturated carbocycles. The molecule has 3 atom stereocenters. The third kappa shape index (κ3) is 3.38. The van der Waals surface area contributed by atoms with E-state index >= 15 is 0 Å². The molecule has 0 aliphatic carbocycles. The number of carboxylic acid groups (broad SMARTS) is 1. The monoisotopic (exact) mass is 365 g/mol. The van der Waals surface area contributed by atoms with Crippen molar-refractivity contribution >= 4 is 22.6 Å². The zero-order valence-electron chi connectivity index (χ0n) is 14.0. The molecule has 0 aromatic heterocycles. The fourth-order valence-electron chi connectivity index (χ4n) is 3.46. The third-order valence-corrected chi connectivity index (χ3v) is 5.01. The molecule has 0 radical (unpaired) electrons. The second-order valence-electron chi connectivity index (χ2n) is 6.66. The van der Waals surface area contributed by atoms with Gasteiger partial charge in [0.05, 0.1) is 17.8 Å². The maximum atomic E-state index is 13.1. The number of hydrogen-bond donors (Lipinski definition) is 1. The van der Waals surface area contributed by atoms with Crippen molar-refractivity contribution in [2.24, 2.45) is 11.8 Å². The van der Waals surface area contributed by atoms with Crippen LogP contribution in [0, 0.1) is 11.8 Å². The van der Waals surface area contributed by atoms with E-state index in [1.165, 1.54) is 0 Å². The molecule has 1 aliphatic rings. The van der Waals surface area contributed by atoms with Crippen molar-refractivity contribution in [3.8, 4) is 0 Å². The molecule has 1 unspecified atom stereocenters. The zero-order chi connectivity index (χ0) is 19.1. The van der Waals surface area contributed by atoms with Crippen molar-refractivity contribution in [1.29, 1.82) is 0 Å². The summed E-state index contributed by atoms with van der Waals surface area (Å²) in [5.74, 6) is -6.32. The second kappa shape index (κ2) is 6.63. The quantitative estimate of drug-likeness (QED) is 0.903. The van der Waals surface area contributed by atoms with Gasteiger partial charge < -0.3 is 10.0 Å². The van der Waals surface area contributed by atoms with Gasteiger partial charge >= 0.3 is 12.1 Å². The van der Waals surface area contributed by atoms with Crippen LogP contribution in [-0.4, -0.2) is 41.1 Å². The molecule has 1 heterocycles. The first kappa shape index (κ1) is 18.2. The maximum Gasteiger partial charge on any atom is 0.394 e. The number of nitrogens with zero attached hydrogens (tertiary/aromatic N) is 1. The lowest BCUT2D eigenvalue weighted by atomic mass is 9.96. The number of likely N-dealkylation sites (tertiary alicyclic amines) is 1. The van der Waals surface area contributed by atoms with Crippen LogP contribution in [-0.2, 0) is 9.59 Å². The minimum atomic E-state index is -4.65. The highest BCUT2D eigenvalue weighted by atomic mass is 19.4.